The van der Waals surface area contributed by atoms with Gasteiger partial charge in [0.15, 0.2) is 6.10 Å². The van der Waals surface area contributed by atoms with Crippen molar-refractivity contribution in [3.05, 3.63) is 48.6 Å². The Balaban J connectivity index is 3.62. The van der Waals surface area contributed by atoms with Crippen LogP contribution in [-0.4, -0.2) is 36.4 Å². The van der Waals surface area contributed by atoms with Gasteiger partial charge in [-0.2, -0.15) is 0 Å². The van der Waals surface area contributed by atoms with Crippen LogP contribution in [0.2, 0.25) is 0 Å². The van der Waals surface area contributed by atoms with Crippen LogP contribution in [0, 0.1) is 0 Å². The number of esters is 2. The Morgan fingerprint density at radius 1 is 0.479 bits per heavy atom. The van der Waals surface area contributed by atoms with Crippen molar-refractivity contribution >= 4 is 11.9 Å². The predicted molar refractivity (Wildman–Crippen MR) is 205 cm³/mol. The molecule has 0 aliphatic rings. The summed E-state index contributed by atoms with van der Waals surface area (Å²) in [6.45, 7) is 4.08. The van der Waals surface area contributed by atoms with Crippen LogP contribution in [0.15, 0.2) is 48.6 Å². The lowest BCUT2D eigenvalue weighted by atomic mass is 10.0. The molecule has 1 atom stereocenters. The van der Waals surface area contributed by atoms with Gasteiger partial charge in [-0.25, -0.2) is 0 Å². The van der Waals surface area contributed by atoms with Gasteiger partial charge in [0.2, 0.25) is 0 Å². The summed E-state index contributed by atoms with van der Waals surface area (Å²) in [4.78, 5) is 24.3. The number of hydrogen-bond donors (Lipinski definition) is 1. The molecular formula is C43H76O5. The summed E-state index contributed by atoms with van der Waals surface area (Å²) in [5, 5.41) is 9.55. The van der Waals surface area contributed by atoms with Crippen LogP contribution >= 0.6 is 0 Å². The second-order valence-electron chi connectivity index (χ2n) is 13.4. The normalized spacial score (nSPS) is 12.6. The van der Waals surface area contributed by atoms with E-state index in [2.05, 4.69) is 62.5 Å². The van der Waals surface area contributed by atoms with Crippen LogP contribution in [0.4, 0.5) is 0 Å². The second-order valence-corrected chi connectivity index (χ2v) is 13.4. The minimum Gasteiger partial charge on any atom is -0.462 e. The van der Waals surface area contributed by atoms with Crippen molar-refractivity contribution in [2.24, 2.45) is 0 Å². The van der Waals surface area contributed by atoms with E-state index in [9.17, 15) is 14.7 Å². The van der Waals surface area contributed by atoms with E-state index in [1.54, 1.807) is 0 Å². The first-order valence-electron chi connectivity index (χ1n) is 20.2. The summed E-state index contributed by atoms with van der Waals surface area (Å²) in [6, 6.07) is 0. The van der Waals surface area contributed by atoms with E-state index in [4.69, 9.17) is 9.47 Å². The third-order valence-electron chi connectivity index (χ3n) is 8.63. The largest absolute Gasteiger partial charge is 0.462 e. The fourth-order valence-corrected chi connectivity index (χ4v) is 5.54. The SMILES string of the molecule is CCCCC/C=C/C/C=C/C/C=C/C/C=C/CCCCCC(=O)O[C@@H](CO)COC(=O)CCCCCCCCCCCCCCCCC. The lowest BCUT2D eigenvalue weighted by Crippen LogP contribution is -2.28. The molecule has 0 amide bonds. The molecule has 0 bridgehead atoms. The molecule has 0 saturated heterocycles. The van der Waals surface area contributed by atoms with Gasteiger partial charge in [0.05, 0.1) is 6.61 Å². The monoisotopic (exact) mass is 673 g/mol. The first-order chi connectivity index (χ1) is 23.6. The molecule has 0 rings (SSSR count). The number of allylic oxidation sites excluding steroid dienone is 8. The highest BCUT2D eigenvalue weighted by molar-refractivity contribution is 5.70. The van der Waals surface area contributed by atoms with Gasteiger partial charge in [0, 0.05) is 12.8 Å². The molecule has 1 N–H and O–H groups in total. The Morgan fingerprint density at radius 2 is 0.833 bits per heavy atom. The van der Waals surface area contributed by atoms with Crippen LogP contribution in [0.25, 0.3) is 0 Å². The number of hydrogen-bond acceptors (Lipinski definition) is 5. The summed E-state index contributed by atoms with van der Waals surface area (Å²) in [5.74, 6) is -0.624. The molecule has 0 spiro atoms. The highest BCUT2D eigenvalue weighted by atomic mass is 16.6. The fraction of sp³-hybridized carbons (Fsp3) is 0.767. The molecule has 0 heterocycles. The van der Waals surface area contributed by atoms with Crippen molar-refractivity contribution in [3.63, 3.8) is 0 Å². The molecule has 0 aliphatic carbocycles. The zero-order valence-corrected chi connectivity index (χ0v) is 31.5. The maximum Gasteiger partial charge on any atom is 0.306 e. The lowest BCUT2D eigenvalue weighted by molar-refractivity contribution is -0.161. The van der Waals surface area contributed by atoms with Gasteiger partial charge in [-0.05, 0) is 57.8 Å². The minimum absolute atomic E-state index is 0.0775. The molecule has 0 aromatic heterocycles. The van der Waals surface area contributed by atoms with Gasteiger partial charge in [0.25, 0.3) is 0 Å². The maximum absolute atomic E-state index is 12.2. The van der Waals surface area contributed by atoms with Crippen molar-refractivity contribution in [2.75, 3.05) is 13.2 Å². The van der Waals surface area contributed by atoms with E-state index in [1.807, 2.05) is 0 Å². The minimum atomic E-state index is -0.786. The standard InChI is InChI=1S/C43H76O5/c1-3-5-7-9-11-13-15-17-19-20-21-22-24-26-28-30-32-34-36-38-43(46)48-41(39-44)40-47-42(45)37-35-33-31-29-27-25-23-18-16-14-12-10-8-6-4-2/h11,13,17,19,21-22,26,28,41,44H,3-10,12,14-16,18,20,23-25,27,29-40H2,1-2H3/b13-11+,19-17+,22-21+,28-26+/t41-/m0/s1. The van der Waals surface area contributed by atoms with Crippen molar-refractivity contribution < 1.29 is 24.2 Å². The average molecular weight is 673 g/mol. The van der Waals surface area contributed by atoms with Gasteiger partial charge < -0.3 is 14.6 Å². The third-order valence-corrected chi connectivity index (χ3v) is 8.63. The zero-order valence-electron chi connectivity index (χ0n) is 31.5. The summed E-state index contributed by atoms with van der Waals surface area (Å²) in [5.41, 5.74) is 0. The highest BCUT2D eigenvalue weighted by Gasteiger charge is 2.16. The van der Waals surface area contributed by atoms with Gasteiger partial charge in [-0.3, -0.25) is 9.59 Å². The Hall–Kier alpha value is -2.14. The quantitative estimate of drug-likeness (QED) is 0.0407. The number of carbonyl (C=O) groups excluding carboxylic acids is 2. The molecule has 278 valence electrons. The molecule has 0 saturated carbocycles. The molecule has 5 heteroatoms. The Bertz CT molecular complexity index is 812. The van der Waals surface area contributed by atoms with E-state index in [0.29, 0.717) is 12.8 Å². The molecule has 0 fully saturated rings. The number of carbonyl (C=O) groups is 2. The van der Waals surface area contributed by atoms with Crippen LogP contribution in [-0.2, 0) is 19.1 Å². The molecule has 5 nitrogen and oxygen atoms in total. The molecule has 0 aliphatic heterocycles. The van der Waals surface area contributed by atoms with Crippen LogP contribution in [0.1, 0.15) is 194 Å². The van der Waals surface area contributed by atoms with Crippen LogP contribution < -0.4 is 0 Å². The molecule has 0 unspecified atom stereocenters. The first kappa shape index (κ1) is 45.9. The van der Waals surface area contributed by atoms with Gasteiger partial charge in [-0.15, -0.1) is 0 Å². The number of rotatable bonds is 36. The van der Waals surface area contributed by atoms with E-state index in [-0.39, 0.29) is 25.2 Å². The Morgan fingerprint density at radius 3 is 1.29 bits per heavy atom. The van der Waals surface area contributed by atoms with Crippen LogP contribution in [0.5, 0.6) is 0 Å². The van der Waals surface area contributed by atoms with Gasteiger partial charge >= 0.3 is 11.9 Å². The summed E-state index contributed by atoms with van der Waals surface area (Å²) in [7, 11) is 0. The molecular weight excluding hydrogens is 596 g/mol. The molecule has 0 aromatic carbocycles. The van der Waals surface area contributed by atoms with Crippen molar-refractivity contribution in [3.8, 4) is 0 Å². The fourth-order valence-electron chi connectivity index (χ4n) is 5.54. The van der Waals surface area contributed by atoms with E-state index < -0.39 is 6.10 Å². The molecule has 48 heavy (non-hydrogen) atoms. The highest BCUT2D eigenvalue weighted by Crippen LogP contribution is 2.14. The maximum atomic E-state index is 12.2. The smallest absolute Gasteiger partial charge is 0.306 e. The third kappa shape index (κ3) is 36.7. The summed E-state index contributed by atoms with van der Waals surface area (Å²) in [6.07, 6.45) is 48.8. The van der Waals surface area contributed by atoms with Gasteiger partial charge in [0.1, 0.15) is 6.61 Å². The predicted octanol–water partition coefficient (Wildman–Crippen LogP) is 12.6. The Kier molecular flexibility index (Phi) is 37.5. The van der Waals surface area contributed by atoms with E-state index in [1.165, 1.54) is 103 Å². The number of aliphatic hydroxyl groups is 1. The Labute approximate surface area is 297 Å². The van der Waals surface area contributed by atoms with Gasteiger partial charge in [-0.1, -0.05) is 172 Å². The number of aliphatic hydroxyl groups excluding tert-OH is 1. The molecule has 0 radical (unpaired) electrons. The zero-order chi connectivity index (χ0) is 35.0. The second kappa shape index (κ2) is 39.3. The van der Waals surface area contributed by atoms with Crippen molar-refractivity contribution in [1.82, 2.24) is 0 Å². The first-order valence-corrected chi connectivity index (χ1v) is 20.2. The topological polar surface area (TPSA) is 72.8 Å². The number of unbranched alkanes of at least 4 members (excludes halogenated alkanes) is 20. The lowest BCUT2D eigenvalue weighted by Gasteiger charge is -2.15. The number of ether oxygens (including phenoxy) is 2. The van der Waals surface area contributed by atoms with Crippen LogP contribution in [0.3, 0.4) is 0 Å². The van der Waals surface area contributed by atoms with E-state index >= 15 is 0 Å². The summed E-state index contributed by atoms with van der Waals surface area (Å²) < 4.78 is 10.6. The van der Waals surface area contributed by atoms with E-state index in [0.717, 1.165) is 64.2 Å². The van der Waals surface area contributed by atoms with Crippen molar-refractivity contribution in [2.45, 2.75) is 200 Å². The summed E-state index contributed by atoms with van der Waals surface area (Å²) >= 11 is 0. The van der Waals surface area contributed by atoms with Crippen molar-refractivity contribution in [1.29, 1.82) is 0 Å². The average Bonchev–Trinajstić information content (AvgIpc) is 3.09. The molecule has 0 aromatic rings.